The Hall–Kier alpha value is -4.10. The molecule has 448 valence electrons. The van der Waals surface area contributed by atoms with Crippen molar-refractivity contribution in [2.45, 2.75) is 120 Å². The van der Waals surface area contributed by atoms with E-state index in [2.05, 4.69) is 0 Å². The van der Waals surface area contributed by atoms with E-state index in [1.165, 1.54) is 4.74 Å². The van der Waals surface area contributed by atoms with Gasteiger partial charge in [-0.3, -0.25) is 18.9 Å². The summed E-state index contributed by atoms with van der Waals surface area (Å²) in [5.41, 5.74) is 0. The molecule has 4 unspecified atom stereocenters. The molecule has 0 aromatic carbocycles. The zero-order chi connectivity index (χ0) is 61.8. The molecular weight excluding hydrogens is 1240 g/mol. The van der Waals surface area contributed by atoms with Gasteiger partial charge in [0.25, 0.3) is 0 Å². The summed E-state index contributed by atoms with van der Waals surface area (Å²) >= 11 is 0. The van der Waals surface area contributed by atoms with E-state index in [4.69, 9.17) is 0 Å². The maximum Gasteiger partial charge on any atom is 0.460 e. The Kier molecular flexibility index (Phi) is 17.8. The third-order valence-electron chi connectivity index (χ3n) is 7.44. The van der Waals surface area contributed by atoms with Crippen LogP contribution in [-0.2, 0) is 23.7 Å². The first-order valence-electron chi connectivity index (χ1n) is 15.2. The highest BCUT2D eigenvalue weighted by molar-refractivity contribution is 5.23. The topological polar surface area (TPSA) is 46.2 Å². The molecule has 0 aliphatic rings. The Bertz CT molecular complexity index is 1940. The molecule has 0 bridgehead atoms. The number of alkyl halides is 42. The first-order valence-corrected chi connectivity index (χ1v) is 15.2. The van der Waals surface area contributed by atoms with Crippen molar-refractivity contribution in [2.24, 2.45) is 0 Å². The van der Waals surface area contributed by atoms with E-state index in [0.29, 0.717) is 18.9 Å². The molecule has 0 aliphatic carbocycles. The maximum absolute atomic E-state index is 14.9. The zero-order valence-electron chi connectivity index (χ0n) is 31.4. The molecule has 0 aromatic heterocycles. The van der Waals surface area contributed by atoms with Crippen LogP contribution in [0.25, 0.3) is 0 Å². The largest absolute Gasteiger partial charge is 0.460 e. The van der Waals surface area contributed by atoms with Gasteiger partial charge in [0.15, 0.2) is 0 Å². The van der Waals surface area contributed by atoms with Crippen LogP contribution in [0.1, 0.15) is 0 Å². The molecule has 0 saturated carbocycles. The molecule has 0 spiro atoms. The zero-order valence-corrected chi connectivity index (χ0v) is 31.4. The SMILES string of the molecule is FC(F)=C(OC(=C(F)F)C(F)(F)C(F)(OC(F)(F)C(F)(OC(F)(F)C(F)(F)C(F)(F)C(F)(F)F)C(F)(F)F)C(F)(F)F)C(F)(F)C(F)(OC(F)(F)C(F)(OC(F)(F)C(F)(F)C(F)(F)C(F)(F)F)C(F)(F)F)C(F)(F)F. The van der Waals surface area contributed by atoms with Crippen LogP contribution in [0.3, 0.4) is 0 Å². The number of hydrogen-bond acceptors (Lipinski definition) is 5. The predicted octanol–water partition coefficient (Wildman–Crippen LogP) is 15.5. The van der Waals surface area contributed by atoms with Crippen LogP contribution in [0.5, 0.6) is 0 Å². The molecule has 0 fully saturated rings. The summed E-state index contributed by atoms with van der Waals surface area (Å²) in [6, 6.07) is 0. The van der Waals surface area contributed by atoms with Gasteiger partial charge in [-0.15, -0.1) is 0 Å². The molecule has 5 nitrogen and oxygen atoms in total. The van der Waals surface area contributed by atoms with E-state index < -0.39 is 144 Å². The van der Waals surface area contributed by atoms with Gasteiger partial charge in [0.05, 0.1) is 0 Å². The van der Waals surface area contributed by atoms with Crippen molar-refractivity contribution in [3.63, 3.8) is 0 Å². The molecule has 0 aromatic rings. The lowest BCUT2D eigenvalue weighted by Gasteiger charge is -2.43. The monoisotopic (exact) mass is 1240 g/mol. The summed E-state index contributed by atoms with van der Waals surface area (Å²) in [5.74, 6) is -107. The smallest absolute Gasteiger partial charge is 0.442 e. The minimum atomic E-state index is -9.73. The summed E-state index contributed by atoms with van der Waals surface area (Å²) in [7, 11) is 0. The molecule has 75 heavy (non-hydrogen) atoms. The third-order valence-corrected chi connectivity index (χ3v) is 7.44. The molecule has 4 atom stereocenters. The Morgan fingerprint density at radius 2 is 0.373 bits per heavy atom. The van der Waals surface area contributed by atoms with Crippen molar-refractivity contribution in [1.82, 2.24) is 0 Å². The second-order valence-corrected chi connectivity index (χ2v) is 12.6. The van der Waals surface area contributed by atoms with Crippen molar-refractivity contribution >= 4 is 0 Å². The van der Waals surface area contributed by atoms with E-state index >= 15 is 0 Å². The van der Waals surface area contributed by atoms with E-state index in [0.717, 1.165) is 0 Å². The van der Waals surface area contributed by atoms with Gasteiger partial charge in [0, 0.05) is 0 Å². The quantitative estimate of drug-likeness (QED) is 0.0898. The number of halogens is 46. The van der Waals surface area contributed by atoms with Gasteiger partial charge in [-0.05, 0) is 0 Å². The van der Waals surface area contributed by atoms with Crippen LogP contribution in [0.2, 0.25) is 0 Å². The van der Waals surface area contributed by atoms with E-state index in [-0.39, 0.29) is 0 Å². The Morgan fingerprint density at radius 3 is 0.520 bits per heavy atom. The van der Waals surface area contributed by atoms with E-state index in [9.17, 15) is 202 Å². The first kappa shape index (κ1) is 70.9. The Morgan fingerprint density at radius 1 is 0.200 bits per heavy atom. The average Bonchev–Trinajstić information content (AvgIpc) is 3.10. The lowest BCUT2D eigenvalue weighted by Crippen LogP contribution is -2.71. The standard InChI is InChI=1S/C24F46O5/c25-3(26)1(5(29,30)11(41,17(51,52)53)72-23(67,68)13(43,19(57,58)59)74-21(63,64)9(37,38)7(33,34)15(45,46)47)71-2(4(27)28)6(31,32)12(42,18(54,55)56)73-24(69,70)14(44,20(60,61)62)75-22(65,66)10(39,40)8(35,36)16(48,49)50. The molecule has 0 radical (unpaired) electrons. The summed E-state index contributed by atoms with van der Waals surface area (Å²) < 4.78 is 627. The van der Waals surface area contributed by atoms with Gasteiger partial charge in [-0.1, -0.05) is 0 Å². The minimum absolute atomic E-state index is 0.654. The lowest BCUT2D eigenvalue weighted by atomic mass is 10.1. The molecule has 0 amide bonds. The van der Waals surface area contributed by atoms with Crippen LogP contribution < -0.4 is 0 Å². The second kappa shape index (κ2) is 18.8. The maximum atomic E-state index is 14.9. The van der Waals surface area contributed by atoms with Gasteiger partial charge < -0.3 is 4.74 Å². The third kappa shape index (κ3) is 11.2. The van der Waals surface area contributed by atoms with Crippen LogP contribution in [0.4, 0.5) is 202 Å². The van der Waals surface area contributed by atoms with Crippen LogP contribution >= 0.6 is 0 Å². The number of rotatable bonds is 20. The van der Waals surface area contributed by atoms with Crippen molar-refractivity contribution in [2.75, 3.05) is 0 Å². The van der Waals surface area contributed by atoms with Crippen LogP contribution in [0, 0.1) is 0 Å². The van der Waals surface area contributed by atoms with Crippen LogP contribution in [0.15, 0.2) is 23.7 Å². The molecule has 0 heterocycles. The van der Waals surface area contributed by atoms with Gasteiger partial charge in [-0.25, -0.2) is 0 Å². The molecule has 51 heteroatoms. The summed E-state index contributed by atoms with van der Waals surface area (Å²) in [4.78, 5) is 0. The van der Waals surface area contributed by atoms with Crippen molar-refractivity contribution in [3.05, 3.63) is 23.7 Å². The number of ether oxygens (including phenoxy) is 5. The summed E-state index contributed by atoms with van der Waals surface area (Å²) in [5, 5.41) is 0. The molecule has 0 saturated heterocycles. The van der Waals surface area contributed by atoms with Gasteiger partial charge >= 0.3 is 133 Å². The Balaban J connectivity index is 8.45. The predicted molar refractivity (Wildman–Crippen MR) is 125 cm³/mol. The van der Waals surface area contributed by atoms with Gasteiger partial charge in [-0.2, -0.15) is 202 Å². The molecular formula is C24F46O5. The fourth-order valence-corrected chi connectivity index (χ4v) is 3.69. The highest BCUT2D eigenvalue weighted by atomic mass is 19.5. The normalized spacial score (nSPS) is 18.9. The first-order chi connectivity index (χ1) is 31.7. The Labute approximate surface area is 371 Å². The van der Waals surface area contributed by atoms with Crippen molar-refractivity contribution < 1.29 is 226 Å². The minimum Gasteiger partial charge on any atom is -0.442 e. The number of hydrogen-bond donors (Lipinski definition) is 0. The van der Waals surface area contributed by atoms with Crippen molar-refractivity contribution in [1.29, 1.82) is 0 Å². The average molecular weight is 1240 g/mol. The fraction of sp³-hybridized carbons (Fsp3) is 0.833. The van der Waals surface area contributed by atoms with E-state index in [1.54, 1.807) is 0 Å². The summed E-state index contributed by atoms with van der Waals surface area (Å²) in [6.07, 6.45) is -104. The summed E-state index contributed by atoms with van der Waals surface area (Å²) in [6.45, 7) is 0. The fourth-order valence-electron chi connectivity index (χ4n) is 3.69. The van der Waals surface area contributed by atoms with E-state index in [1.807, 2.05) is 0 Å². The molecule has 0 N–H and O–H groups in total. The van der Waals surface area contributed by atoms with Gasteiger partial charge in [0.1, 0.15) is 0 Å². The van der Waals surface area contributed by atoms with Crippen molar-refractivity contribution in [3.8, 4) is 0 Å². The highest BCUT2D eigenvalue weighted by Gasteiger charge is 2.92. The lowest BCUT2D eigenvalue weighted by molar-refractivity contribution is -0.562. The second-order valence-electron chi connectivity index (χ2n) is 12.6. The molecule has 0 rings (SSSR count). The molecule has 0 aliphatic heterocycles. The van der Waals surface area contributed by atoms with Crippen LogP contribution in [-0.4, -0.2) is 120 Å². The highest BCUT2D eigenvalue weighted by Crippen LogP contribution is 2.64. The van der Waals surface area contributed by atoms with Gasteiger partial charge in [0.2, 0.25) is 11.5 Å².